The molecule has 1 atom stereocenters. The molecular weight excluding hydrogens is 528 g/mol. The lowest BCUT2D eigenvalue weighted by Gasteiger charge is -2.14. The Balaban J connectivity index is 1.81. The van der Waals surface area contributed by atoms with E-state index >= 15 is 0 Å². The molecule has 42 heavy (non-hydrogen) atoms. The lowest BCUT2D eigenvalue weighted by atomic mass is 9.97. The molecule has 0 spiro atoms. The van der Waals surface area contributed by atoms with E-state index in [1.165, 1.54) is 0 Å². The van der Waals surface area contributed by atoms with Crippen molar-refractivity contribution >= 4 is 42.3 Å². The molecule has 8 bridgehead atoms. The first-order chi connectivity index (χ1) is 20.0. The van der Waals surface area contributed by atoms with Crippen LogP contribution < -0.4 is 16.0 Å². The zero-order valence-electron chi connectivity index (χ0n) is 24.6. The summed E-state index contributed by atoms with van der Waals surface area (Å²) in [5.41, 5.74) is 12.8. The molecule has 0 aliphatic carbocycles. The van der Waals surface area contributed by atoms with E-state index in [9.17, 15) is 19.8 Å². The Bertz CT molecular complexity index is 1820. The normalized spacial score (nSPS) is 18.8. The van der Waals surface area contributed by atoms with Crippen LogP contribution in [0.2, 0.25) is 0 Å². The number of rotatable bonds is 8. The Labute approximate surface area is 245 Å². The highest BCUT2D eigenvalue weighted by atomic mass is 16.4. The zero-order valence-corrected chi connectivity index (χ0v) is 24.6. The quantitative estimate of drug-likeness (QED) is 0.237. The molecule has 2 aliphatic heterocycles. The summed E-state index contributed by atoms with van der Waals surface area (Å²) in [6, 6.07) is -0.0508. The van der Waals surface area contributed by atoms with Gasteiger partial charge in [0.1, 0.15) is 0 Å². The van der Waals surface area contributed by atoms with Gasteiger partial charge in [0.2, 0.25) is 0 Å². The number of hydrogen-bond acceptors (Lipinski definition) is 3. The number of aliphatic carboxylic acids is 2. The summed E-state index contributed by atoms with van der Waals surface area (Å²) in [5, 5.41) is 24.5. The van der Waals surface area contributed by atoms with Crippen molar-refractivity contribution < 1.29 is 19.8 Å². The minimum Gasteiger partial charge on any atom is -0.481 e. The van der Waals surface area contributed by atoms with Crippen molar-refractivity contribution in [3.8, 4) is 0 Å². The van der Waals surface area contributed by atoms with Crippen molar-refractivity contribution in [3.05, 3.63) is 96.9 Å². The fraction of sp³-hybridized carbons (Fsp3) is 0.294. The lowest BCUT2D eigenvalue weighted by Crippen LogP contribution is -2.26. The Hall–Kier alpha value is -4.72. The zero-order chi connectivity index (χ0) is 30.3. The molecule has 3 aromatic rings. The van der Waals surface area contributed by atoms with Gasteiger partial charge in [-0.1, -0.05) is 25.3 Å². The number of aromatic nitrogens is 3. The van der Waals surface area contributed by atoms with E-state index in [1.807, 2.05) is 25.2 Å². The lowest BCUT2D eigenvalue weighted by molar-refractivity contribution is -0.138. The van der Waals surface area contributed by atoms with Crippen molar-refractivity contribution in [2.45, 2.75) is 65.8 Å². The van der Waals surface area contributed by atoms with Gasteiger partial charge in [0, 0.05) is 64.0 Å². The molecule has 8 heteroatoms. The summed E-state index contributed by atoms with van der Waals surface area (Å²) in [6.07, 6.45) is 11.4. The predicted molar refractivity (Wildman–Crippen MR) is 167 cm³/mol. The van der Waals surface area contributed by atoms with Gasteiger partial charge < -0.3 is 30.5 Å². The molecule has 3 aromatic heterocycles. The van der Waals surface area contributed by atoms with Gasteiger partial charge in [-0.25, -0.2) is 0 Å². The standard InChI is InChI=1S/C34H38N4O4/c1-7-21-17(3)25-13-26-19(5)23(9-11-33(39)40)31(37-26)16-32-24(10-12-34(41)42)20(6)28(38-32)15-30-22(8-2)18(4)27(36-30)14-29(21)35-25/h7-8,13-14,16,28,35-38H,1-2,9-12,15H2,3-6H3,(H,39,40)(H,41,42)/b25-13-,29-14+,32-16-/t28-/m1/s1. The van der Waals surface area contributed by atoms with Crippen molar-refractivity contribution in [2.24, 2.45) is 0 Å². The van der Waals surface area contributed by atoms with E-state index in [0.717, 1.165) is 83.7 Å². The predicted octanol–water partition coefficient (Wildman–Crippen LogP) is 4.61. The molecule has 0 saturated heterocycles. The number of fused-ring (bicyclic) bond motifs is 8. The average Bonchev–Trinajstić information content (AvgIpc) is 3.59. The van der Waals surface area contributed by atoms with E-state index in [2.05, 4.69) is 66.3 Å². The molecule has 0 amide bonds. The largest absolute Gasteiger partial charge is 0.481 e. The number of carboxylic acids is 2. The van der Waals surface area contributed by atoms with Crippen LogP contribution in [-0.4, -0.2) is 43.1 Å². The van der Waals surface area contributed by atoms with E-state index in [1.54, 1.807) is 0 Å². The maximum Gasteiger partial charge on any atom is 0.303 e. The minimum absolute atomic E-state index is 0.00493. The monoisotopic (exact) mass is 566 g/mol. The summed E-state index contributed by atoms with van der Waals surface area (Å²) in [4.78, 5) is 33.9. The number of aromatic amines is 3. The number of carbonyl (C=O) groups is 2. The van der Waals surface area contributed by atoms with Crippen LogP contribution in [0.4, 0.5) is 0 Å². The van der Waals surface area contributed by atoms with E-state index in [4.69, 9.17) is 0 Å². The Morgan fingerprint density at radius 2 is 1.45 bits per heavy atom. The van der Waals surface area contributed by atoms with E-state index < -0.39 is 11.9 Å². The third kappa shape index (κ3) is 5.20. The van der Waals surface area contributed by atoms with Gasteiger partial charge in [0.15, 0.2) is 0 Å². The highest BCUT2D eigenvalue weighted by Crippen LogP contribution is 2.34. The fourth-order valence-corrected chi connectivity index (χ4v) is 6.29. The first-order valence-electron chi connectivity index (χ1n) is 14.2. The smallest absolute Gasteiger partial charge is 0.303 e. The van der Waals surface area contributed by atoms with Gasteiger partial charge in [0.25, 0.3) is 0 Å². The summed E-state index contributed by atoms with van der Waals surface area (Å²) in [6.45, 7) is 16.4. The second kappa shape index (κ2) is 11.3. The molecule has 0 fully saturated rings. The van der Waals surface area contributed by atoms with Crippen LogP contribution in [-0.2, 0) is 22.4 Å². The minimum atomic E-state index is -0.857. The van der Waals surface area contributed by atoms with Crippen LogP contribution >= 0.6 is 0 Å². The van der Waals surface area contributed by atoms with Crippen LogP contribution in [0.5, 0.6) is 0 Å². The number of H-pyrrole nitrogens is 3. The van der Waals surface area contributed by atoms with Gasteiger partial charge in [-0.2, -0.15) is 0 Å². The molecule has 0 aromatic carbocycles. The van der Waals surface area contributed by atoms with Gasteiger partial charge in [-0.05, 0) is 97.7 Å². The Morgan fingerprint density at radius 3 is 2.12 bits per heavy atom. The first kappa shape index (κ1) is 28.8. The highest BCUT2D eigenvalue weighted by Gasteiger charge is 2.28. The van der Waals surface area contributed by atoms with Crippen molar-refractivity contribution in [2.75, 3.05) is 0 Å². The summed E-state index contributed by atoms with van der Waals surface area (Å²) >= 11 is 0. The maximum absolute atomic E-state index is 11.6. The number of nitrogens with one attached hydrogen (secondary N) is 4. The second-order valence-electron chi connectivity index (χ2n) is 11.2. The van der Waals surface area contributed by atoms with Gasteiger partial charge in [0.05, 0.1) is 6.04 Å². The molecule has 8 nitrogen and oxygen atoms in total. The highest BCUT2D eigenvalue weighted by molar-refractivity contribution is 5.72. The fourth-order valence-electron chi connectivity index (χ4n) is 6.29. The average molecular weight is 567 g/mol. The van der Waals surface area contributed by atoms with Gasteiger partial charge >= 0.3 is 11.9 Å². The van der Waals surface area contributed by atoms with Crippen LogP contribution in [0.3, 0.4) is 0 Å². The molecule has 0 saturated carbocycles. The van der Waals surface area contributed by atoms with Crippen LogP contribution in [0.15, 0.2) is 30.0 Å². The van der Waals surface area contributed by atoms with Crippen molar-refractivity contribution in [1.29, 1.82) is 0 Å². The maximum atomic E-state index is 11.6. The third-order valence-electron chi connectivity index (χ3n) is 8.75. The van der Waals surface area contributed by atoms with Gasteiger partial charge in [-0.15, -0.1) is 0 Å². The third-order valence-corrected chi connectivity index (χ3v) is 8.75. The van der Waals surface area contributed by atoms with Crippen molar-refractivity contribution in [3.63, 3.8) is 0 Å². The van der Waals surface area contributed by atoms with E-state index in [0.29, 0.717) is 19.3 Å². The Morgan fingerprint density at radius 1 is 0.810 bits per heavy atom. The van der Waals surface area contributed by atoms with Gasteiger partial charge in [-0.3, -0.25) is 9.59 Å². The topological polar surface area (TPSA) is 134 Å². The number of allylic oxidation sites excluding steroid dienone is 1. The molecule has 218 valence electrons. The molecule has 0 unspecified atom stereocenters. The van der Waals surface area contributed by atoms with Crippen LogP contribution in [0.1, 0.15) is 82.3 Å². The summed E-state index contributed by atoms with van der Waals surface area (Å²) in [7, 11) is 0. The summed E-state index contributed by atoms with van der Waals surface area (Å²) in [5.74, 6) is -1.70. The number of carboxylic acid groups (broad SMARTS) is 2. The molecule has 5 rings (SSSR count). The SMILES string of the molecule is C=Cc1c2[nH]c(c1C)/C=c1/[nH]/c(c(C)c1C=C)=C\c1[nH]c(c(CCC(=O)O)c1C)/C=C1\N[C@H](C2)C(C)=C1CCC(=O)O. The first-order valence-corrected chi connectivity index (χ1v) is 14.2. The van der Waals surface area contributed by atoms with E-state index in [-0.39, 0.29) is 18.9 Å². The van der Waals surface area contributed by atoms with Crippen LogP contribution in [0, 0.1) is 20.8 Å². The van der Waals surface area contributed by atoms with Crippen molar-refractivity contribution in [1.82, 2.24) is 20.3 Å². The summed E-state index contributed by atoms with van der Waals surface area (Å²) < 4.78 is 0. The van der Waals surface area contributed by atoms with Crippen LogP contribution in [0.25, 0.3) is 30.4 Å². The molecular formula is C34H38N4O4. The molecule has 5 heterocycles. The molecule has 0 radical (unpaired) electrons. The number of hydrogen-bond donors (Lipinski definition) is 6. The second-order valence-corrected chi connectivity index (χ2v) is 11.2. The molecule has 6 N–H and O–H groups in total. The Kier molecular flexibility index (Phi) is 7.73. The molecule has 2 aliphatic rings.